The number of thioether (sulfide) groups is 1. The molecular weight excluding hydrogens is 300 g/mol. The van der Waals surface area contributed by atoms with Crippen LogP contribution in [-0.4, -0.2) is 21.2 Å². The predicted molar refractivity (Wildman–Crippen MR) is 75.9 cm³/mol. The highest BCUT2D eigenvalue weighted by Crippen LogP contribution is 2.24. The van der Waals surface area contributed by atoms with Crippen LogP contribution in [0.15, 0.2) is 33.7 Å². The number of carbonyl (C=O) groups is 1. The number of rotatable bonds is 7. The van der Waals surface area contributed by atoms with Crippen LogP contribution < -0.4 is 0 Å². The zero-order valence-electron chi connectivity index (χ0n) is 10.6. The molecule has 0 amide bonds. The summed E-state index contributed by atoms with van der Waals surface area (Å²) in [6, 6.07) is 7.54. The average Bonchev–Trinajstić information content (AvgIpc) is 2.84. The Hall–Kier alpha value is -1.53. The Balaban J connectivity index is 1.82. The van der Waals surface area contributed by atoms with Crippen molar-refractivity contribution >= 4 is 29.3 Å². The molecule has 0 saturated carbocycles. The summed E-state index contributed by atoms with van der Waals surface area (Å²) in [5.41, 5.74) is 0. The van der Waals surface area contributed by atoms with E-state index in [2.05, 4.69) is 10.1 Å². The molecule has 2 rings (SSSR count). The summed E-state index contributed by atoms with van der Waals surface area (Å²) in [5, 5.41) is 13.1. The number of aryl methyl sites for hydroxylation is 1. The van der Waals surface area contributed by atoms with E-state index < -0.39 is 5.97 Å². The Morgan fingerprint density at radius 1 is 1.45 bits per heavy atom. The second kappa shape index (κ2) is 7.31. The first-order valence-corrected chi connectivity index (χ1v) is 7.41. The highest BCUT2D eigenvalue weighted by atomic mass is 35.5. The van der Waals surface area contributed by atoms with Crippen molar-refractivity contribution in [3.05, 3.63) is 41.0 Å². The van der Waals surface area contributed by atoms with Gasteiger partial charge in [0.15, 0.2) is 5.82 Å². The maximum atomic E-state index is 10.4. The zero-order chi connectivity index (χ0) is 14.4. The average molecular weight is 313 g/mol. The van der Waals surface area contributed by atoms with Gasteiger partial charge in [-0.2, -0.15) is 4.98 Å². The van der Waals surface area contributed by atoms with E-state index in [9.17, 15) is 4.79 Å². The van der Waals surface area contributed by atoms with Crippen molar-refractivity contribution in [1.29, 1.82) is 0 Å². The van der Waals surface area contributed by atoms with Gasteiger partial charge in [-0.3, -0.25) is 4.79 Å². The molecule has 0 fully saturated rings. The standard InChI is InChI=1S/C13H13ClN2O3S/c14-9-3-1-4-10(7-9)20-8-11-15-12(19-16-11)5-2-6-13(17)18/h1,3-4,7H,2,5-6,8H2,(H,17,18). The molecule has 0 aliphatic carbocycles. The second-order valence-corrected chi connectivity index (χ2v) is 5.58. The Morgan fingerprint density at radius 3 is 3.05 bits per heavy atom. The summed E-state index contributed by atoms with van der Waals surface area (Å²) >= 11 is 7.47. The van der Waals surface area contributed by atoms with Gasteiger partial charge in [0.1, 0.15) is 0 Å². The van der Waals surface area contributed by atoms with Crippen molar-refractivity contribution < 1.29 is 14.4 Å². The molecule has 0 spiro atoms. The molecule has 7 heteroatoms. The summed E-state index contributed by atoms with van der Waals surface area (Å²) in [4.78, 5) is 15.7. The fourth-order valence-electron chi connectivity index (χ4n) is 1.55. The highest BCUT2D eigenvalue weighted by Gasteiger charge is 2.08. The molecule has 1 heterocycles. The number of carboxylic acids is 1. The lowest BCUT2D eigenvalue weighted by atomic mass is 10.2. The van der Waals surface area contributed by atoms with Gasteiger partial charge in [0, 0.05) is 22.8 Å². The van der Waals surface area contributed by atoms with Crippen LogP contribution >= 0.6 is 23.4 Å². The van der Waals surface area contributed by atoms with E-state index in [0.717, 1.165) is 4.90 Å². The lowest BCUT2D eigenvalue weighted by Gasteiger charge is -1.98. The normalized spacial score (nSPS) is 10.7. The minimum Gasteiger partial charge on any atom is -0.481 e. The van der Waals surface area contributed by atoms with Gasteiger partial charge in [0.25, 0.3) is 0 Å². The van der Waals surface area contributed by atoms with E-state index in [0.29, 0.717) is 35.3 Å². The van der Waals surface area contributed by atoms with Crippen LogP contribution in [0.5, 0.6) is 0 Å². The molecule has 0 unspecified atom stereocenters. The molecule has 0 atom stereocenters. The molecule has 1 N–H and O–H groups in total. The molecule has 0 bridgehead atoms. The summed E-state index contributed by atoms with van der Waals surface area (Å²) in [7, 11) is 0. The number of halogens is 1. The first-order chi connectivity index (χ1) is 9.63. The summed E-state index contributed by atoms with van der Waals surface area (Å²) in [5.74, 6) is 0.845. The van der Waals surface area contributed by atoms with Crippen molar-refractivity contribution in [3.8, 4) is 0 Å². The van der Waals surface area contributed by atoms with Crippen LogP contribution in [-0.2, 0) is 17.0 Å². The van der Waals surface area contributed by atoms with Crippen LogP contribution in [0.3, 0.4) is 0 Å². The first kappa shape index (κ1) is 14.9. The summed E-state index contributed by atoms with van der Waals surface area (Å²) in [6.07, 6.45) is 1.09. The zero-order valence-corrected chi connectivity index (χ0v) is 12.2. The molecule has 0 aliphatic rings. The van der Waals surface area contributed by atoms with Gasteiger partial charge in [-0.15, -0.1) is 11.8 Å². The van der Waals surface area contributed by atoms with Crippen LogP contribution in [0.2, 0.25) is 5.02 Å². The molecule has 106 valence electrons. The lowest BCUT2D eigenvalue weighted by Crippen LogP contribution is -1.96. The minimum atomic E-state index is -0.818. The summed E-state index contributed by atoms with van der Waals surface area (Å²) in [6.45, 7) is 0. The van der Waals surface area contributed by atoms with Gasteiger partial charge in [-0.25, -0.2) is 0 Å². The van der Waals surface area contributed by atoms with Crippen LogP contribution in [0.4, 0.5) is 0 Å². The largest absolute Gasteiger partial charge is 0.481 e. The quantitative estimate of drug-likeness (QED) is 0.789. The third kappa shape index (κ3) is 4.86. The number of aliphatic carboxylic acids is 1. The number of hydrogen-bond donors (Lipinski definition) is 1. The smallest absolute Gasteiger partial charge is 0.303 e. The fraction of sp³-hybridized carbons (Fsp3) is 0.308. The highest BCUT2D eigenvalue weighted by molar-refractivity contribution is 7.98. The minimum absolute atomic E-state index is 0.106. The maximum Gasteiger partial charge on any atom is 0.303 e. The van der Waals surface area contributed by atoms with Crippen molar-refractivity contribution in [2.75, 3.05) is 0 Å². The van der Waals surface area contributed by atoms with Gasteiger partial charge in [0.05, 0.1) is 5.75 Å². The molecule has 20 heavy (non-hydrogen) atoms. The third-order valence-corrected chi connectivity index (χ3v) is 3.68. The number of benzene rings is 1. The second-order valence-electron chi connectivity index (χ2n) is 4.10. The van der Waals surface area contributed by atoms with Crippen molar-refractivity contribution in [2.45, 2.75) is 29.9 Å². The van der Waals surface area contributed by atoms with Crippen molar-refractivity contribution in [2.24, 2.45) is 0 Å². The molecular formula is C13H13ClN2O3S. The lowest BCUT2D eigenvalue weighted by molar-refractivity contribution is -0.137. The van der Waals surface area contributed by atoms with Crippen molar-refractivity contribution in [3.63, 3.8) is 0 Å². The van der Waals surface area contributed by atoms with Crippen LogP contribution in [0.1, 0.15) is 24.6 Å². The maximum absolute atomic E-state index is 10.4. The molecule has 1 aromatic carbocycles. The molecule has 5 nitrogen and oxygen atoms in total. The van der Waals surface area contributed by atoms with Gasteiger partial charge in [0.2, 0.25) is 5.89 Å². The van der Waals surface area contributed by atoms with E-state index >= 15 is 0 Å². The SMILES string of the molecule is O=C(O)CCCc1nc(CSc2cccc(Cl)c2)no1. The van der Waals surface area contributed by atoms with Gasteiger partial charge in [-0.05, 0) is 24.6 Å². The molecule has 0 aliphatic heterocycles. The Morgan fingerprint density at radius 2 is 2.30 bits per heavy atom. The van der Waals surface area contributed by atoms with E-state index in [1.54, 1.807) is 11.8 Å². The van der Waals surface area contributed by atoms with E-state index in [4.69, 9.17) is 21.2 Å². The van der Waals surface area contributed by atoms with Crippen molar-refractivity contribution in [1.82, 2.24) is 10.1 Å². The fourth-order valence-corrected chi connectivity index (χ4v) is 2.60. The number of nitrogens with zero attached hydrogens (tertiary/aromatic N) is 2. The molecule has 1 aromatic heterocycles. The number of aromatic nitrogens is 2. The Labute approximate surface area is 125 Å². The van der Waals surface area contributed by atoms with Gasteiger partial charge < -0.3 is 9.63 Å². The monoisotopic (exact) mass is 312 g/mol. The van der Waals surface area contributed by atoms with E-state index in [-0.39, 0.29) is 6.42 Å². The van der Waals surface area contributed by atoms with Crippen LogP contribution in [0.25, 0.3) is 0 Å². The predicted octanol–water partition coefficient (Wildman–Crippen LogP) is 3.42. The number of carboxylic acid groups (broad SMARTS) is 1. The molecule has 0 radical (unpaired) electrons. The Kier molecular flexibility index (Phi) is 5.43. The van der Waals surface area contributed by atoms with Gasteiger partial charge in [-0.1, -0.05) is 22.8 Å². The third-order valence-electron chi connectivity index (χ3n) is 2.46. The first-order valence-electron chi connectivity index (χ1n) is 6.05. The Bertz CT molecular complexity index is 589. The molecule has 0 saturated heterocycles. The van der Waals surface area contributed by atoms with Crippen LogP contribution in [0, 0.1) is 0 Å². The topological polar surface area (TPSA) is 76.2 Å². The van der Waals surface area contributed by atoms with E-state index in [1.165, 1.54) is 0 Å². The number of hydrogen-bond acceptors (Lipinski definition) is 5. The van der Waals surface area contributed by atoms with E-state index in [1.807, 2.05) is 24.3 Å². The summed E-state index contributed by atoms with van der Waals surface area (Å²) < 4.78 is 5.07. The molecule has 2 aromatic rings. The van der Waals surface area contributed by atoms with Gasteiger partial charge >= 0.3 is 5.97 Å².